The predicted molar refractivity (Wildman–Crippen MR) is 171 cm³/mol. The Morgan fingerprint density at radius 2 is 1.74 bits per heavy atom. The number of rotatable bonds is 7. The maximum Gasteiger partial charge on any atom is 0.266 e. The lowest BCUT2D eigenvalue weighted by atomic mass is 10.0. The maximum absolute atomic E-state index is 13.6. The number of hydrogen-bond donors (Lipinski definition) is 0. The van der Waals surface area contributed by atoms with E-state index < -0.39 is 10.0 Å². The summed E-state index contributed by atoms with van der Waals surface area (Å²) in [7, 11) is -3.67. The fourth-order valence-corrected chi connectivity index (χ4v) is 7.92. The summed E-state index contributed by atoms with van der Waals surface area (Å²) in [5.74, 6) is -0.0984. The number of thiocarbonyl (C=S) groups is 1. The molecule has 2 fully saturated rings. The van der Waals surface area contributed by atoms with E-state index in [9.17, 15) is 17.6 Å². The Morgan fingerprint density at radius 1 is 1.02 bits per heavy atom. The van der Waals surface area contributed by atoms with Gasteiger partial charge in [-0.25, -0.2) is 17.5 Å². The molecule has 220 valence electrons. The van der Waals surface area contributed by atoms with Gasteiger partial charge in [-0.15, -0.1) is 0 Å². The van der Waals surface area contributed by atoms with Gasteiger partial charge < -0.3 is 0 Å². The lowest BCUT2D eigenvalue weighted by Crippen LogP contribution is -2.37. The van der Waals surface area contributed by atoms with Crippen LogP contribution in [-0.2, 0) is 21.4 Å². The summed E-state index contributed by atoms with van der Waals surface area (Å²) in [5.41, 5.74) is 3.38. The van der Waals surface area contributed by atoms with Gasteiger partial charge in [0.2, 0.25) is 10.0 Å². The molecule has 43 heavy (non-hydrogen) atoms. The van der Waals surface area contributed by atoms with Crippen LogP contribution in [0.4, 0.5) is 4.39 Å². The molecule has 2 saturated heterocycles. The van der Waals surface area contributed by atoms with Gasteiger partial charge in [0, 0.05) is 30.4 Å². The molecule has 0 aliphatic carbocycles. The van der Waals surface area contributed by atoms with E-state index in [4.69, 9.17) is 17.3 Å². The molecular formula is C32H29FN4O3S3. The van der Waals surface area contributed by atoms with Gasteiger partial charge in [0.05, 0.1) is 22.0 Å². The van der Waals surface area contributed by atoms with Crippen LogP contribution in [0.25, 0.3) is 23.0 Å². The van der Waals surface area contributed by atoms with Crippen LogP contribution in [0.5, 0.6) is 0 Å². The van der Waals surface area contributed by atoms with Crippen LogP contribution in [0, 0.1) is 11.7 Å². The van der Waals surface area contributed by atoms with E-state index in [0.29, 0.717) is 45.1 Å². The van der Waals surface area contributed by atoms with Crippen molar-refractivity contribution >= 4 is 50.3 Å². The summed E-state index contributed by atoms with van der Waals surface area (Å²) in [6.07, 6.45) is 5.25. The van der Waals surface area contributed by atoms with Gasteiger partial charge >= 0.3 is 0 Å². The maximum atomic E-state index is 13.6. The Morgan fingerprint density at radius 3 is 2.47 bits per heavy atom. The molecule has 6 rings (SSSR count). The number of carbonyl (C=O) groups excluding carboxylic acids is 1. The molecule has 3 heterocycles. The number of para-hydroxylation sites is 1. The standard InChI is InChI=1S/C32H29FN4O3S3/c1-22-14-16-35(17-15-22)43(39,40)28-9-5-6-24(18-28)30-25(21-37(34-30)27-7-3-2-4-8-27)19-29-31(38)36(32(41)42-29)20-23-10-12-26(33)13-11-23/h2-13,18-19,21-22H,14-17,20H2,1H3. The van der Waals surface area contributed by atoms with Crippen LogP contribution in [0.1, 0.15) is 30.9 Å². The van der Waals surface area contributed by atoms with Crippen LogP contribution >= 0.6 is 24.0 Å². The van der Waals surface area contributed by atoms with Crippen molar-refractivity contribution in [3.63, 3.8) is 0 Å². The number of hydrogen-bond acceptors (Lipinski definition) is 6. The SMILES string of the molecule is CC1CCN(S(=O)(=O)c2cccc(-c3nn(-c4ccccc4)cc3C=C3SC(=S)N(Cc4ccc(F)cc4)C3=O)c2)CC1. The summed E-state index contributed by atoms with van der Waals surface area (Å²) < 4.78 is 44.2. The number of nitrogens with zero attached hydrogens (tertiary/aromatic N) is 4. The first kappa shape index (κ1) is 29.4. The first-order chi connectivity index (χ1) is 20.7. The van der Waals surface area contributed by atoms with Gasteiger partial charge in [0.15, 0.2) is 0 Å². The van der Waals surface area contributed by atoms with Gasteiger partial charge in [0.25, 0.3) is 5.91 Å². The lowest BCUT2D eigenvalue weighted by Gasteiger charge is -2.29. The van der Waals surface area contributed by atoms with E-state index in [-0.39, 0.29) is 23.2 Å². The summed E-state index contributed by atoms with van der Waals surface area (Å²) in [5, 5.41) is 4.84. The number of benzene rings is 3. The van der Waals surface area contributed by atoms with Crippen molar-refractivity contribution in [3.05, 3.63) is 107 Å². The molecule has 0 N–H and O–H groups in total. The van der Waals surface area contributed by atoms with Crippen LogP contribution in [0.3, 0.4) is 0 Å². The number of sulfonamides is 1. The van der Waals surface area contributed by atoms with Crippen molar-refractivity contribution in [1.29, 1.82) is 0 Å². The van der Waals surface area contributed by atoms with E-state index in [1.165, 1.54) is 28.8 Å². The third-order valence-electron chi connectivity index (χ3n) is 7.67. The number of halogens is 1. The molecule has 4 aromatic rings. The average Bonchev–Trinajstić information content (AvgIpc) is 3.55. The Kier molecular flexibility index (Phi) is 8.32. The minimum Gasteiger partial charge on any atom is -0.288 e. The molecule has 0 atom stereocenters. The number of piperidine rings is 1. The Balaban J connectivity index is 1.37. The van der Waals surface area contributed by atoms with Crippen molar-refractivity contribution in [2.24, 2.45) is 5.92 Å². The van der Waals surface area contributed by atoms with Crippen LogP contribution < -0.4 is 0 Å². The van der Waals surface area contributed by atoms with Crippen molar-refractivity contribution in [2.45, 2.75) is 31.2 Å². The first-order valence-corrected chi connectivity index (χ1v) is 16.6. The Labute approximate surface area is 260 Å². The number of aromatic nitrogens is 2. The zero-order valence-electron chi connectivity index (χ0n) is 23.4. The third kappa shape index (κ3) is 6.21. The summed E-state index contributed by atoms with van der Waals surface area (Å²) >= 11 is 6.72. The van der Waals surface area contributed by atoms with E-state index in [0.717, 1.165) is 24.1 Å². The highest BCUT2D eigenvalue weighted by Gasteiger charge is 2.33. The second-order valence-corrected chi connectivity index (χ2v) is 14.3. The molecule has 2 aliphatic rings. The van der Waals surface area contributed by atoms with Gasteiger partial charge in [0.1, 0.15) is 15.8 Å². The quantitative estimate of drug-likeness (QED) is 0.171. The fraction of sp³-hybridized carbons (Fsp3) is 0.219. The zero-order valence-corrected chi connectivity index (χ0v) is 25.8. The molecule has 1 amide bonds. The molecule has 0 radical (unpaired) electrons. The van der Waals surface area contributed by atoms with Crippen molar-refractivity contribution in [1.82, 2.24) is 19.0 Å². The van der Waals surface area contributed by atoms with Crippen LogP contribution in [-0.4, -0.2) is 50.7 Å². The van der Waals surface area contributed by atoms with Crippen LogP contribution in [0.2, 0.25) is 0 Å². The fourth-order valence-electron chi connectivity index (χ4n) is 5.16. The second-order valence-electron chi connectivity index (χ2n) is 10.7. The van der Waals surface area contributed by atoms with Gasteiger partial charge in [-0.3, -0.25) is 9.69 Å². The number of thioether (sulfide) groups is 1. The smallest absolute Gasteiger partial charge is 0.266 e. The highest BCUT2D eigenvalue weighted by atomic mass is 32.2. The third-order valence-corrected chi connectivity index (χ3v) is 10.9. The summed E-state index contributed by atoms with van der Waals surface area (Å²) in [6.45, 7) is 3.38. The number of carbonyl (C=O) groups is 1. The van der Waals surface area contributed by atoms with Gasteiger partial charge in [-0.2, -0.15) is 9.40 Å². The molecular weight excluding hydrogens is 604 g/mol. The van der Waals surface area contributed by atoms with E-state index in [1.54, 1.807) is 45.4 Å². The molecule has 0 saturated carbocycles. The van der Waals surface area contributed by atoms with E-state index in [1.807, 2.05) is 42.6 Å². The molecule has 1 aromatic heterocycles. The zero-order chi connectivity index (χ0) is 30.1. The van der Waals surface area contributed by atoms with Gasteiger partial charge in [-0.1, -0.05) is 73.4 Å². The van der Waals surface area contributed by atoms with E-state index >= 15 is 0 Å². The summed E-state index contributed by atoms with van der Waals surface area (Å²) in [4.78, 5) is 15.6. The molecule has 3 aromatic carbocycles. The normalized spacial score (nSPS) is 17.7. The molecule has 0 unspecified atom stereocenters. The van der Waals surface area contributed by atoms with Crippen molar-refractivity contribution in [3.8, 4) is 16.9 Å². The average molecular weight is 633 g/mol. The van der Waals surface area contributed by atoms with Gasteiger partial charge in [-0.05, 0) is 66.8 Å². The predicted octanol–water partition coefficient (Wildman–Crippen LogP) is 6.50. The highest BCUT2D eigenvalue weighted by Crippen LogP contribution is 2.36. The summed E-state index contributed by atoms with van der Waals surface area (Å²) in [6, 6.07) is 22.4. The lowest BCUT2D eigenvalue weighted by molar-refractivity contribution is -0.122. The monoisotopic (exact) mass is 632 g/mol. The molecule has 11 heteroatoms. The van der Waals surface area contributed by atoms with Crippen LogP contribution in [0.15, 0.2) is 94.9 Å². The topological polar surface area (TPSA) is 75.5 Å². The second kappa shape index (κ2) is 12.2. The molecule has 0 bridgehead atoms. The Hall–Kier alpha value is -3.64. The molecule has 7 nitrogen and oxygen atoms in total. The first-order valence-electron chi connectivity index (χ1n) is 13.9. The highest BCUT2D eigenvalue weighted by molar-refractivity contribution is 8.26. The Bertz CT molecular complexity index is 1810. The number of amides is 1. The minimum atomic E-state index is -3.67. The molecule has 0 spiro atoms. The van der Waals surface area contributed by atoms with E-state index in [2.05, 4.69) is 6.92 Å². The molecule has 2 aliphatic heterocycles. The minimum absolute atomic E-state index is 0.213. The largest absolute Gasteiger partial charge is 0.288 e. The van der Waals surface area contributed by atoms with Crippen molar-refractivity contribution in [2.75, 3.05) is 13.1 Å². The van der Waals surface area contributed by atoms with Crippen molar-refractivity contribution < 1.29 is 17.6 Å².